The van der Waals surface area contributed by atoms with Crippen molar-refractivity contribution in [2.75, 3.05) is 31.6 Å². The van der Waals surface area contributed by atoms with Gasteiger partial charge in [-0.3, -0.25) is 9.78 Å². The minimum absolute atomic E-state index is 0.0215. The lowest BCUT2D eigenvalue weighted by Crippen LogP contribution is -2.55. The molecule has 1 aliphatic heterocycles. The van der Waals surface area contributed by atoms with Crippen LogP contribution >= 0.6 is 11.3 Å². The maximum Gasteiger partial charge on any atom is 0.318 e. The van der Waals surface area contributed by atoms with E-state index in [0.717, 1.165) is 30.0 Å². The van der Waals surface area contributed by atoms with E-state index in [1.807, 2.05) is 29.2 Å². The number of benzene rings is 1. The molecule has 1 saturated heterocycles. The fourth-order valence-electron chi connectivity index (χ4n) is 5.21. The number of hydrogen-bond acceptors (Lipinski definition) is 9. The van der Waals surface area contributed by atoms with Crippen LogP contribution in [0.2, 0.25) is 0 Å². The van der Waals surface area contributed by atoms with E-state index >= 15 is 4.39 Å². The quantitative estimate of drug-likeness (QED) is 0.281. The van der Waals surface area contributed by atoms with Gasteiger partial charge < -0.3 is 14.5 Å². The van der Waals surface area contributed by atoms with Crippen LogP contribution in [0.25, 0.3) is 28.2 Å². The van der Waals surface area contributed by atoms with Crippen LogP contribution in [0.5, 0.6) is 6.01 Å². The standard InChI is InChI=1S/C29H25F2N7O2S/c1-40-29-35-26-21(15-34-25(24(26)31)20-5-3-2-4-19(20)17-6-7-17)27(36-29)37-11-12-38(18(16-37)8-9-32)28(39)22(30)14-23-33-10-13-41-23/h2-5,10,13-15,17-18H,6-8,11-12,16H2,1H3/b22-14-. The van der Waals surface area contributed by atoms with Gasteiger partial charge >= 0.3 is 6.01 Å². The maximum absolute atomic E-state index is 16.1. The molecule has 0 spiro atoms. The molecule has 41 heavy (non-hydrogen) atoms. The van der Waals surface area contributed by atoms with Crippen molar-refractivity contribution in [3.63, 3.8) is 0 Å². The first kappa shape index (κ1) is 26.7. The number of amides is 1. The number of nitriles is 1. The van der Waals surface area contributed by atoms with Crippen LogP contribution in [0.4, 0.5) is 14.6 Å². The zero-order valence-electron chi connectivity index (χ0n) is 22.1. The Morgan fingerprint density at radius 1 is 1.24 bits per heavy atom. The molecule has 0 radical (unpaired) electrons. The largest absolute Gasteiger partial charge is 0.467 e. The summed E-state index contributed by atoms with van der Waals surface area (Å²) in [6.07, 6.45) is 6.28. The number of carbonyl (C=O) groups is 1. The van der Waals surface area contributed by atoms with Gasteiger partial charge in [0, 0.05) is 49.0 Å². The lowest BCUT2D eigenvalue weighted by molar-refractivity contribution is -0.131. The Kier molecular flexibility index (Phi) is 7.28. The van der Waals surface area contributed by atoms with Crippen molar-refractivity contribution in [2.45, 2.75) is 31.2 Å². The Labute approximate surface area is 238 Å². The van der Waals surface area contributed by atoms with E-state index in [2.05, 4.69) is 26.0 Å². The molecular formula is C29H25F2N7O2S. The molecule has 4 heterocycles. The molecule has 2 aliphatic rings. The highest BCUT2D eigenvalue weighted by molar-refractivity contribution is 7.10. The van der Waals surface area contributed by atoms with Crippen molar-refractivity contribution < 1.29 is 18.3 Å². The summed E-state index contributed by atoms with van der Waals surface area (Å²) >= 11 is 1.21. The summed E-state index contributed by atoms with van der Waals surface area (Å²) in [6.45, 7) is 0.565. The van der Waals surface area contributed by atoms with Gasteiger partial charge in [0.2, 0.25) is 0 Å². The lowest BCUT2D eigenvalue weighted by Gasteiger charge is -2.41. The highest BCUT2D eigenvalue weighted by atomic mass is 32.1. The summed E-state index contributed by atoms with van der Waals surface area (Å²) < 4.78 is 36.3. The third-order valence-corrected chi connectivity index (χ3v) is 8.06. The smallest absolute Gasteiger partial charge is 0.318 e. The van der Waals surface area contributed by atoms with Crippen LogP contribution in [-0.2, 0) is 4.79 Å². The summed E-state index contributed by atoms with van der Waals surface area (Å²) in [5.41, 5.74) is 2.08. The van der Waals surface area contributed by atoms with Gasteiger partial charge in [-0.2, -0.15) is 15.2 Å². The third-order valence-electron chi connectivity index (χ3n) is 7.34. The van der Waals surface area contributed by atoms with Crippen LogP contribution in [0.15, 0.2) is 47.9 Å². The zero-order valence-corrected chi connectivity index (χ0v) is 22.9. The number of fused-ring (bicyclic) bond motifs is 1. The molecule has 3 aromatic heterocycles. The molecule has 208 valence electrons. The molecule has 1 aromatic carbocycles. The topological polar surface area (TPSA) is 108 Å². The molecule has 0 N–H and O–H groups in total. The van der Waals surface area contributed by atoms with Crippen molar-refractivity contribution in [1.82, 2.24) is 24.8 Å². The molecule has 6 rings (SSSR count). The molecule has 4 aromatic rings. The molecule has 2 fully saturated rings. The first-order valence-electron chi connectivity index (χ1n) is 13.2. The highest BCUT2D eigenvalue weighted by Crippen LogP contribution is 2.45. The average Bonchev–Trinajstić information content (AvgIpc) is 3.72. The predicted molar refractivity (Wildman–Crippen MR) is 150 cm³/mol. The van der Waals surface area contributed by atoms with Gasteiger partial charge in [-0.1, -0.05) is 24.3 Å². The third kappa shape index (κ3) is 5.20. The number of methoxy groups -OCH3 is 1. The number of rotatable bonds is 7. The van der Waals surface area contributed by atoms with E-state index in [1.165, 1.54) is 29.5 Å². The van der Waals surface area contributed by atoms with Gasteiger partial charge in [-0.15, -0.1) is 11.3 Å². The molecule has 9 nitrogen and oxygen atoms in total. The Morgan fingerprint density at radius 2 is 2.07 bits per heavy atom. The lowest BCUT2D eigenvalue weighted by atomic mass is 9.99. The van der Waals surface area contributed by atoms with Gasteiger partial charge in [-0.25, -0.2) is 13.8 Å². The van der Waals surface area contributed by atoms with Crippen LogP contribution in [0.1, 0.15) is 35.8 Å². The van der Waals surface area contributed by atoms with Gasteiger partial charge in [-0.05, 0) is 24.3 Å². The number of pyridine rings is 1. The van der Waals surface area contributed by atoms with E-state index < -0.39 is 23.6 Å². The van der Waals surface area contributed by atoms with Gasteiger partial charge in [0.25, 0.3) is 5.91 Å². The molecule has 1 atom stereocenters. The second kappa shape index (κ2) is 11.2. The Hall–Kier alpha value is -4.50. The molecule has 1 amide bonds. The number of hydrogen-bond donors (Lipinski definition) is 0. The van der Waals surface area contributed by atoms with E-state index in [4.69, 9.17) is 4.74 Å². The Bertz CT molecular complexity index is 1680. The summed E-state index contributed by atoms with van der Waals surface area (Å²) in [5, 5.41) is 11.9. The normalized spacial score (nSPS) is 17.5. The summed E-state index contributed by atoms with van der Waals surface area (Å²) in [4.78, 5) is 33.5. The summed E-state index contributed by atoms with van der Waals surface area (Å²) in [7, 11) is 1.40. The number of piperazine rings is 1. The predicted octanol–water partition coefficient (Wildman–Crippen LogP) is 5.11. The summed E-state index contributed by atoms with van der Waals surface area (Å²) in [5.74, 6) is -1.56. The second-order valence-electron chi connectivity index (χ2n) is 9.90. The van der Waals surface area contributed by atoms with E-state index in [1.54, 1.807) is 11.6 Å². The molecular weight excluding hydrogens is 548 g/mol. The van der Waals surface area contributed by atoms with E-state index in [0.29, 0.717) is 22.1 Å². The number of carbonyl (C=O) groups excluding carboxylic acids is 1. The Morgan fingerprint density at radius 3 is 2.80 bits per heavy atom. The van der Waals surface area contributed by atoms with Crippen LogP contribution in [0.3, 0.4) is 0 Å². The van der Waals surface area contributed by atoms with Crippen molar-refractivity contribution in [1.29, 1.82) is 5.26 Å². The molecule has 1 unspecified atom stereocenters. The van der Waals surface area contributed by atoms with Crippen molar-refractivity contribution >= 4 is 40.0 Å². The first-order valence-corrected chi connectivity index (χ1v) is 14.1. The minimum atomic E-state index is -0.948. The minimum Gasteiger partial charge on any atom is -0.467 e. The highest BCUT2D eigenvalue weighted by Gasteiger charge is 2.34. The monoisotopic (exact) mass is 573 g/mol. The van der Waals surface area contributed by atoms with E-state index in [-0.39, 0.29) is 43.3 Å². The fourth-order valence-corrected chi connectivity index (χ4v) is 5.77. The van der Waals surface area contributed by atoms with Gasteiger partial charge in [0.15, 0.2) is 11.6 Å². The molecule has 1 aliphatic carbocycles. The molecule has 0 bridgehead atoms. The fraction of sp³-hybridized carbons (Fsp3) is 0.310. The molecule has 1 saturated carbocycles. The number of nitrogens with zero attached hydrogens (tertiary/aromatic N) is 7. The first-order chi connectivity index (χ1) is 20.0. The van der Waals surface area contributed by atoms with Crippen molar-refractivity contribution in [3.8, 4) is 23.3 Å². The van der Waals surface area contributed by atoms with Crippen LogP contribution < -0.4 is 9.64 Å². The SMILES string of the molecule is COc1nc(N2CCN(C(=O)/C(F)=C/c3nccs3)C(CC#N)C2)c2cnc(-c3ccccc3C3CC3)c(F)c2n1. The second-order valence-corrected chi connectivity index (χ2v) is 10.8. The number of anilines is 1. The Balaban J connectivity index is 1.34. The number of aromatic nitrogens is 4. The number of halogens is 2. The van der Waals surface area contributed by atoms with Gasteiger partial charge in [0.05, 0.1) is 31.0 Å². The molecule has 12 heteroatoms. The number of thiazole rings is 1. The van der Waals surface area contributed by atoms with Crippen LogP contribution in [0, 0.1) is 17.1 Å². The summed E-state index contributed by atoms with van der Waals surface area (Å²) in [6, 6.07) is 9.13. The zero-order chi connectivity index (χ0) is 28.5. The maximum atomic E-state index is 16.1. The van der Waals surface area contributed by atoms with E-state index in [9.17, 15) is 14.4 Å². The van der Waals surface area contributed by atoms with Crippen molar-refractivity contribution in [3.05, 3.63) is 64.3 Å². The van der Waals surface area contributed by atoms with Crippen LogP contribution in [-0.4, -0.2) is 63.5 Å². The average molecular weight is 574 g/mol. The van der Waals surface area contributed by atoms with Gasteiger partial charge in [0.1, 0.15) is 22.0 Å². The van der Waals surface area contributed by atoms with Crippen molar-refractivity contribution in [2.24, 2.45) is 0 Å². The number of ether oxygens (including phenoxy) is 1.